The zero-order valence-corrected chi connectivity index (χ0v) is 17.7. The molecule has 0 saturated carbocycles. The molecule has 3 nitrogen and oxygen atoms in total. The van der Waals surface area contributed by atoms with Gasteiger partial charge in [0.05, 0.1) is 13.2 Å². The van der Waals surface area contributed by atoms with E-state index in [1.165, 1.54) is 33.4 Å². The first-order chi connectivity index (χ1) is 14.0. The number of rotatable bonds is 9. The van der Waals surface area contributed by atoms with Crippen molar-refractivity contribution in [2.45, 2.75) is 46.5 Å². The molecule has 1 aliphatic rings. The van der Waals surface area contributed by atoms with E-state index in [2.05, 4.69) is 62.9 Å². The molecule has 0 saturated heterocycles. The summed E-state index contributed by atoms with van der Waals surface area (Å²) >= 11 is 0. The summed E-state index contributed by atoms with van der Waals surface area (Å²) in [4.78, 5) is 11.3. The second-order valence-corrected chi connectivity index (χ2v) is 7.81. The molecule has 0 fully saturated rings. The Morgan fingerprint density at radius 1 is 1.07 bits per heavy atom. The largest absolute Gasteiger partial charge is 0.493 e. The van der Waals surface area contributed by atoms with Crippen LogP contribution in [0, 0.1) is 13.8 Å². The fourth-order valence-electron chi connectivity index (χ4n) is 3.67. The van der Waals surface area contributed by atoms with Gasteiger partial charge in [0.1, 0.15) is 5.75 Å². The Morgan fingerprint density at radius 2 is 1.86 bits per heavy atom. The van der Waals surface area contributed by atoms with Crippen molar-refractivity contribution < 1.29 is 14.3 Å². The minimum atomic E-state index is -0.312. The molecule has 152 valence electrons. The summed E-state index contributed by atoms with van der Waals surface area (Å²) in [5, 5.41) is 0. The average Bonchev–Trinajstić information content (AvgIpc) is 3.11. The van der Waals surface area contributed by atoms with Gasteiger partial charge in [-0.25, -0.2) is 4.79 Å². The Labute approximate surface area is 174 Å². The molecular formula is C26H30O3. The van der Waals surface area contributed by atoms with Gasteiger partial charge in [0.25, 0.3) is 0 Å². The standard InChI is InChI=1S/C26H30O3/c1-18(2)26(27)29-14-7-5-6-13-28-25-10-8-9-21-16-22(17-24(21)25)23-12-11-19(3)15-20(23)4/h8-12,15-16H,1,5-7,13-14,17H2,2-4H3. The second-order valence-electron chi connectivity index (χ2n) is 7.81. The molecule has 0 spiro atoms. The molecule has 29 heavy (non-hydrogen) atoms. The lowest BCUT2D eigenvalue weighted by Gasteiger charge is -2.12. The third kappa shape index (κ3) is 5.38. The molecule has 0 amide bonds. The molecule has 0 radical (unpaired) electrons. The van der Waals surface area contributed by atoms with E-state index in [1.54, 1.807) is 6.92 Å². The first-order valence-electron chi connectivity index (χ1n) is 10.3. The Kier molecular flexibility index (Phi) is 6.92. The van der Waals surface area contributed by atoms with Crippen molar-refractivity contribution in [3.05, 3.63) is 76.4 Å². The molecule has 0 aromatic heterocycles. The van der Waals surface area contributed by atoms with Crippen LogP contribution in [0.15, 0.2) is 48.6 Å². The van der Waals surface area contributed by atoms with E-state index in [1.807, 2.05) is 0 Å². The van der Waals surface area contributed by atoms with Crippen LogP contribution < -0.4 is 4.74 Å². The molecule has 0 aliphatic heterocycles. The van der Waals surface area contributed by atoms with Gasteiger partial charge in [-0.2, -0.15) is 0 Å². The zero-order valence-electron chi connectivity index (χ0n) is 17.7. The van der Waals surface area contributed by atoms with Gasteiger partial charge in [-0.1, -0.05) is 48.6 Å². The SMILES string of the molecule is C=C(C)C(=O)OCCCCCOc1cccc2c1CC(c1ccc(C)cc1C)=C2. The monoisotopic (exact) mass is 390 g/mol. The number of hydrogen-bond donors (Lipinski definition) is 0. The third-order valence-corrected chi connectivity index (χ3v) is 5.22. The topological polar surface area (TPSA) is 35.5 Å². The summed E-state index contributed by atoms with van der Waals surface area (Å²) in [5.74, 6) is 0.667. The number of esters is 1. The summed E-state index contributed by atoms with van der Waals surface area (Å²) in [6.07, 6.45) is 5.94. The van der Waals surface area contributed by atoms with Crippen LogP contribution in [-0.2, 0) is 16.0 Å². The second kappa shape index (κ2) is 9.60. The number of benzene rings is 2. The molecule has 0 unspecified atom stereocenters. The molecular weight excluding hydrogens is 360 g/mol. The number of aryl methyl sites for hydroxylation is 2. The number of unbranched alkanes of at least 4 members (excludes halogenated alkanes) is 2. The number of carbonyl (C=O) groups is 1. The van der Waals surface area contributed by atoms with Gasteiger partial charge in [-0.05, 0) is 68.4 Å². The number of allylic oxidation sites excluding steroid dienone is 1. The predicted octanol–water partition coefficient (Wildman–Crippen LogP) is 6.07. The van der Waals surface area contributed by atoms with Gasteiger partial charge in [-0.3, -0.25) is 0 Å². The maximum atomic E-state index is 11.3. The third-order valence-electron chi connectivity index (χ3n) is 5.22. The van der Waals surface area contributed by atoms with Crippen molar-refractivity contribution in [1.82, 2.24) is 0 Å². The first-order valence-corrected chi connectivity index (χ1v) is 10.3. The van der Waals surface area contributed by atoms with Crippen LogP contribution in [0.25, 0.3) is 11.6 Å². The van der Waals surface area contributed by atoms with E-state index in [0.29, 0.717) is 18.8 Å². The maximum Gasteiger partial charge on any atom is 0.333 e. The normalized spacial score (nSPS) is 12.3. The minimum absolute atomic E-state index is 0.312. The van der Waals surface area contributed by atoms with Crippen molar-refractivity contribution in [3.63, 3.8) is 0 Å². The molecule has 0 bridgehead atoms. The Balaban J connectivity index is 1.50. The zero-order chi connectivity index (χ0) is 20.8. The highest BCUT2D eigenvalue weighted by molar-refractivity contribution is 5.90. The van der Waals surface area contributed by atoms with Crippen LogP contribution in [0.2, 0.25) is 0 Å². The van der Waals surface area contributed by atoms with Gasteiger partial charge >= 0.3 is 5.97 Å². The highest BCUT2D eigenvalue weighted by atomic mass is 16.5. The number of ether oxygens (including phenoxy) is 2. The van der Waals surface area contributed by atoms with Crippen LogP contribution in [-0.4, -0.2) is 19.2 Å². The molecule has 2 aromatic carbocycles. The number of carbonyl (C=O) groups excluding carboxylic acids is 1. The Hall–Kier alpha value is -2.81. The summed E-state index contributed by atoms with van der Waals surface area (Å²) in [6, 6.07) is 12.9. The van der Waals surface area contributed by atoms with Crippen LogP contribution in [0.1, 0.15) is 54.0 Å². The maximum absolute atomic E-state index is 11.3. The Morgan fingerprint density at radius 3 is 2.62 bits per heavy atom. The van der Waals surface area contributed by atoms with E-state index >= 15 is 0 Å². The van der Waals surface area contributed by atoms with Gasteiger partial charge in [0.15, 0.2) is 0 Å². The molecule has 0 N–H and O–H groups in total. The molecule has 0 atom stereocenters. The fraction of sp³-hybridized carbons (Fsp3) is 0.346. The summed E-state index contributed by atoms with van der Waals surface area (Å²) in [7, 11) is 0. The van der Waals surface area contributed by atoms with Crippen LogP contribution in [0.4, 0.5) is 0 Å². The van der Waals surface area contributed by atoms with Gasteiger partial charge in [0.2, 0.25) is 0 Å². The first kappa shape index (κ1) is 20.9. The highest BCUT2D eigenvalue weighted by Gasteiger charge is 2.19. The highest BCUT2D eigenvalue weighted by Crippen LogP contribution is 2.38. The molecule has 0 heterocycles. The van der Waals surface area contributed by atoms with Crippen molar-refractivity contribution in [2.75, 3.05) is 13.2 Å². The van der Waals surface area contributed by atoms with Crippen molar-refractivity contribution in [3.8, 4) is 5.75 Å². The summed E-state index contributed by atoms with van der Waals surface area (Å²) in [5.41, 5.74) is 8.26. The van der Waals surface area contributed by atoms with Gasteiger partial charge in [0, 0.05) is 17.6 Å². The van der Waals surface area contributed by atoms with E-state index in [9.17, 15) is 4.79 Å². The fourth-order valence-corrected chi connectivity index (χ4v) is 3.67. The summed E-state index contributed by atoms with van der Waals surface area (Å²) in [6.45, 7) is 10.7. The lowest BCUT2D eigenvalue weighted by atomic mass is 9.97. The van der Waals surface area contributed by atoms with Crippen LogP contribution in [0.3, 0.4) is 0 Å². The van der Waals surface area contributed by atoms with Crippen molar-refractivity contribution in [2.24, 2.45) is 0 Å². The quantitative estimate of drug-likeness (QED) is 0.296. The van der Waals surface area contributed by atoms with E-state index in [0.717, 1.165) is 31.4 Å². The van der Waals surface area contributed by atoms with Crippen molar-refractivity contribution in [1.29, 1.82) is 0 Å². The van der Waals surface area contributed by atoms with E-state index < -0.39 is 0 Å². The van der Waals surface area contributed by atoms with Crippen LogP contribution in [0.5, 0.6) is 5.75 Å². The molecule has 1 aliphatic carbocycles. The van der Waals surface area contributed by atoms with E-state index in [-0.39, 0.29) is 5.97 Å². The number of hydrogen-bond acceptors (Lipinski definition) is 3. The van der Waals surface area contributed by atoms with E-state index in [4.69, 9.17) is 9.47 Å². The van der Waals surface area contributed by atoms with Crippen molar-refractivity contribution >= 4 is 17.6 Å². The Bertz CT molecular complexity index is 937. The van der Waals surface area contributed by atoms with Gasteiger partial charge in [-0.15, -0.1) is 0 Å². The van der Waals surface area contributed by atoms with Gasteiger partial charge < -0.3 is 9.47 Å². The molecule has 3 rings (SSSR count). The smallest absolute Gasteiger partial charge is 0.333 e. The van der Waals surface area contributed by atoms with Crippen LogP contribution >= 0.6 is 0 Å². The number of fused-ring (bicyclic) bond motifs is 1. The molecule has 2 aromatic rings. The lowest BCUT2D eigenvalue weighted by Crippen LogP contribution is -2.06. The molecule has 3 heteroatoms. The average molecular weight is 391 g/mol. The summed E-state index contributed by atoms with van der Waals surface area (Å²) < 4.78 is 11.2. The minimum Gasteiger partial charge on any atom is -0.493 e. The predicted molar refractivity (Wildman–Crippen MR) is 119 cm³/mol. The lowest BCUT2D eigenvalue weighted by molar-refractivity contribution is -0.139.